The molecule has 0 unspecified atom stereocenters. The molecule has 0 aliphatic carbocycles. The van der Waals surface area contributed by atoms with E-state index >= 15 is 0 Å². The average molecular weight is 1030 g/mol. The highest BCUT2D eigenvalue weighted by molar-refractivity contribution is 5.98. The number of nitrogens with two attached hydrogens (primary N) is 2. The summed E-state index contributed by atoms with van der Waals surface area (Å²) in [6, 6.07) is 31.5. The van der Waals surface area contributed by atoms with Gasteiger partial charge in [0.15, 0.2) is 0 Å². The number of hydrogen-bond acceptors (Lipinski definition) is 12. The molecule has 0 radical (unpaired) electrons. The van der Waals surface area contributed by atoms with Crippen LogP contribution in [0.3, 0.4) is 0 Å². The standard InChI is InChI=1S/C31H32N6O.C22H22N2O2.C9H14N4/c1-20-15-21(2)26(31(38)37-13-9-24(10-14-37)23-7-5-22(18-32)6-8-23)16-25(20)30-34-27-17-29(33-19-28(27)35-30)36-11-3-4-12-36;1-15-11-16(2)21(12-20(15)14-25)22(26)24-9-7-19(8-10-24)18-5-3-17(13-23)4-6-18;10-7-5-9(12-6-8(7)11)13-3-1-2-4-13/h5-8,15-17,19,24H,3-4,9-14H2,1-2H3,(H,34,35);3-6,11-12,14,19H,7-10H2,1-2H3;5-6H,1-4,11H2,(H2,10,12). The van der Waals surface area contributed by atoms with Crippen LogP contribution in [0.1, 0.15) is 139 Å². The highest BCUT2D eigenvalue weighted by atomic mass is 16.2. The number of piperidine rings is 2. The third kappa shape index (κ3) is 12.3. The smallest absolute Gasteiger partial charge is 0.254 e. The first-order valence-corrected chi connectivity index (χ1v) is 26.9. The first-order valence-electron chi connectivity index (χ1n) is 26.9. The lowest BCUT2D eigenvalue weighted by Gasteiger charge is -2.32. The van der Waals surface area contributed by atoms with Crippen molar-refractivity contribution in [2.75, 3.05) is 73.6 Å². The Morgan fingerprint density at radius 2 is 1.05 bits per heavy atom. The van der Waals surface area contributed by atoms with Gasteiger partial charge < -0.3 is 36.1 Å². The molecule has 7 heterocycles. The van der Waals surface area contributed by atoms with Crippen LogP contribution in [-0.2, 0) is 0 Å². The van der Waals surface area contributed by atoms with Crippen LogP contribution in [0.4, 0.5) is 23.0 Å². The highest BCUT2D eigenvalue weighted by Gasteiger charge is 2.28. The summed E-state index contributed by atoms with van der Waals surface area (Å²) in [4.78, 5) is 63.4. The van der Waals surface area contributed by atoms with Crippen LogP contribution < -0.4 is 21.3 Å². The number of amides is 2. The number of benzene rings is 4. The number of nitriles is 2. The summed E-state index contributed by atoms with van der Waals surface area (Å²) in [5.74, 6) is 3.61. The molecule has 5 N–H and O–H groups in total. The maximum Gasteiger partial charge on any atom is 0.254 e. The molecule has 3 aromatic heterocycles. The van der Waals surface area contributed by atoms with Crippen LogP contribution in [0.2, 0.25) is 0 Å². The van der Waals surface area contributed by atoms with Gasteiger partial charge in [0.2, 0.25) is 0 Å². The lowest BCUT2D eigenvalue weighted by Crippen LogP contribution is -2.38. The van der Waals surface area contributed by atoms with Crippen molar-refractivity contribution in [1.29, 1.82) is 10.5 Å². The highest BCUT2D eigenvalue weighted by Crippen LogP contribution is 2.33. The quantitative estimate of drug-likeness (QED) is 0.121. The summed E-state index contributed by atoms with van der Waals surface area (Å²) in [6.07, 6.45) is 12.9. The van der Waals surface area contributed by atoms with Gasteiger partial charge in [-0.2, -0.15) is 10.5 Å². The lowest BCUT2D eigenvalue weighted by molar-refractivity contribution is 0.0704. The number of fused-ring (bicyclic) bond motifs is 1. The summed E-state index contributed by atoms with van der Waals surface area (Å²) >= 11 is 0. The first kappa shape index (κ1) is 53.3. The first-order chi connectivity index (χ1) is 37.3. The predicted molar refractivity (Wildman–Crippen MR) is 304 cm³/mol. The van der Waals surface area contributed by atoms with E-state index in [-0.39, 0.29) is 11.8 Å². The molecule has 4 aromatic carbocycles. The molecule has 4 aliphatic heterocycles. The molecule has 77 heavy (non-hydrogen) atoms. The Morgan fingerprint density at radius 1 is 0.584 bits per heavy atom. The van der Waals surface area contributed by atoms with E-state index in [4.69, 9.17) is 27.0 Å². The van der Waals surface area contributed by atoms with E-state index in [1.165, 1.54) is 36.8 Å². The molecule has 394 valence electrons. The zero-order valence-corrected chi connectivity index (χ0v) is 44.7. The van der Waals surface area contributed by atoms with E-state index in [0.717, 1.165) is 133 Å². The molecule has 4 fully saturated rings. The number of carbonyl (C=O) groups excluding carboxylic acids is 3. The number of carbonyl (C=O) groups is 3. The van der Waals surface area contributed by atoms with E-state index in [9.17, 15) is 14.4 Å². The number of aldehydes is 1. The van der Waals surface area contributed by atoms with Crippen LogP contribution in [-0.4, -0.2) is 100 Å². The van der Waals surface area contributed by atoms with E-state index in [0.29, 0.717) is 58.6 Å². The van der Waals surface area contributed by atoms with Gasteiger partial charge in [-0.15, -0.1) is 0 Å². The van der Waals surface area contributed by atoms with E-state index in [2.05, 4.69) is 55.9 Å². The number of aromatic amines is 1. The maximum absolute atomic E-state index is 13.6. The normalized spacial score (nSPS) is 15.8. The van der Waals surface area contributed by atoms with Crippen LogP contribution in [0.15, 0.2) is 97.3 Å². The van der Waals surface area contributed by atoms with Crippen LogP contribution in [0.5, 0.6) is 0 Å². The summed E-state index contributed by atoms with van der Waals surface area (Å²) in [5.41, 5.74) is 24.8. The number of likely N-dealkylation sites (tertiary alicyclic amines) is 2. The Hall–Kier alpha value is -8.56. The molecule has 0 atom stereocenters. The number of pyridine rings is 2. The second-order valence-electron chi connectivity index (χ2n) is 20.9. The van der Waals surface area contributed by atoms with Crippen LogP contribution in [0, 0.1) is 50.4 Å². The largest absolute Gasteiger partial charge is 0.397 e. The number of hydrogen-bond donors (Lipinski definition) is 3. The van der Waals surface area contributed by atoms with Crippen molar-refractivity contribution in [3.8, 4) is 23.5 Å². The van der Waals surface area contributed by atoms with Crippen molar-refractivity contribution in [2.24, 2.45) is 0 Å². The molecular weight excluding hydrogens is 961 g/mol. The molecular formula is C62H68N12O3. The van der Waals surface area contributed by atoms with Gasteiger partial charge in [0.05, 0.1) is 58.1 Å². The van der Waals surface area contributed by atoms with Crippen molar-refractivity contribution in [3.63, 3.8) is 0 Å². The zero-order chi connectivity index (χ0) is 54.2. The topological polar surface area (TPSA) is 218 Å². The summed E-state index contributed by atoms with van der Waals surface area (Å²) in [5, 5.41) is 18.0. The second kappa shape index (κ2) is 24.0. The number of rotatable bonds is 8. The number of nitrogens with zero attached hydrogens (tertiary/aromatic N) is 9. The summed E-state index contributed by atoms with van der Waals surface area (Å²) in [6.45, 7) is 15.0. The van der Waals surface area contributed by atoms with Gasteiger partial charge in [0.25, 0.3) is 11.8 Å². The van der Waals surface area contributed by atoms with Gasteiger partial charge >= 0.3 is 0 Å². The third-order valence-electron chi connectivity index (χ3n) is 15.8. The number of nitrogens with one attached hydrogen (secondary N) is 1. The minimum absolute atomic E-state index is 0.00359. The predicted octanol–water partition coefficient (Wildman–Crippen LogP) is 10.6. The van der Waals surface area contributed by atoms with Gasteiger partial charge in [0.1, 0.15) is 23.7 Å². The molecule has 0 saturated carbocycles. The number of nitrogen functional groups attached to an aromatic ring is 2. The fraction of sp³-hybridized carbons (Fsp3) is 0.355. The minimum atomic E-state index is 0.00359. The van der Waals surface area contributed by atoms with Crippen molar-refractivity contribution in [3.05, 3.63) is 159 Å². The van der Waals surface area contributed by atoms with Gasteiger partial charge in [-0.1, -0.05) is 36.4 Å². The molecule has 0 bridgehead atoms. The fourth-order valence-electron chi connectivity index (χ4n) is 11.1. The van der Waals surface area contributed by atoms with Crippen LogP contribution in [0.25, 0.3) is 22.4 Å². The monoisotopic (exact) mass is 1030 g/mol. The van der Waals surface area contributed by atoms with Crippen molar-refractivity contribution < 1.29 is 14.4 Å². The number of aryl methyl sites for hydroxylation is 4. The Kier molecular flexibility index (Phi) is 16.6. The maximum atomic E-state index is 13.6. The molecule has 7 aromatic rings. The second-order valence-corrected chi connectivity index (χ2v) is 20.9. The number of anilines is 4. The van der Waals surface area contributed by atoms with Crippen LogP contribution >= 0.6 is 0 Å². The Labute approximate surface area is 451 Å². The molecule has 4 saturated heterocycles. The number of H-pyrrole nitrogens is 1. The Bertz CT molecular complexity index is 3350. The SMILES string of the molecule is Cc1cc(C)c(-c2nc3cc(N4CCCC4)ncc3[nH]2)cc1C(=O)N1CCC(c2ccc(C#N)cc2)CC1.Cc1cc(C)c(C(=O)N2CCC(c3ccc(C#N)cc3)CC2)cc1C=O.Nc1cnc(N2CCCC2)cc1N. The summed E-state index contributed by atoms with van der Waals surface area (Å²) in [7, 11) is 0. The van der Waals surface area contributed by atoms with Gasteiger partial charge in [-0.25, -0.2) is 15.0 Å². The zero-order valence-electron chi connectivity index (χ0n) is 44.7. The Balaban J connectivity index is 0.000000159. The molecule has 0 spiro atoms. The Morgan fingerprint density at radius 3 is 1.53 bits per heavy atom. The molecule has 11 rings (SSSR count). The number of imidazole rings is 1. The van der Waals surface area contributed by atoms with Gasteiger partial charge in [-0.05, 0) is 161 Å². The molecule has 15 nitrogen and oxygen atoms in total. The van der Waals surface area contributed by atoms with Crippen molar-refractivity contribution in [1.82, 2.24) is 29.7 Å². The third-order valence-corrected chi connectivity index (χ3v) is 15.8. The van der Waals surface area contributed by atoms with Crippen molar-refractivity contribution in [2.45, 2.75) is 90.9 Å². The average Bonchev–Trinajstić information content (AvgIpc) is 4.31. The van der Waals surface area contributed by atoms with E-state index in [1.54, 1.807) is 12.3 Å². The molecule has 4 aliphatic rings. The van der Waals surface area contributed by atoms with E-state index in [1.807, 2.05) is 103 Å². The van der Waals surface area contributed by atoms with Gasteiger partial charge in [0, 0.05) is 86.7 Å². The fourth-order valence-corrected chi connectivity index (χ4v) is 11.1. The van der Waals surface area contributed by atoms with Gasteiger partial charge in [-0.3, -0.25) is 14.4 Å². The lowest BCUT2D eigenvalue weighted by atomic mass is 9.88. The molecule has 15 heteroatoms. The minimum Gasteiger partial charge on any atom is -0.397 e. The number of aromatic nitrogens is 4. The summed E-state index contributed by atoms with van der Waals surface area (Å²) < 4.78 is 0. The molecule has 2 amide bonds. The van der Waals surface area contributed by atoms with E-state index < -0.39 is 0 Å². The van der Waals surface area contributed by atoms with Crippen molar-refractivity contribution >= 4 is 52.1 Å².